The van der Waals surface area contributed by atoms with E-state index in [1.54, 1.807) is 6.20 Å². The molecule has 106 valence electrons. The lowest BCUT2D eigenvalue weighted by Crippen LogP contribution is -2.21. The van der Waals surface area contributed by atoms with Crippen molar-refractivity contribution >= 4 is 35.0 Å². The summed E-state index contributed by atoms with van der Waals surface area (Å²) in [6, 6.07) is 9.96. The van der Waals surface area contributed by atoms with Crippen LogP contribution < -0.4 is 4.74 Å². The number of fused-ring (bicyclic) bond motifs is 2. The number of nitrogens with zero attached hydrogens (tertiary/aromatic N) is 2. The molecule has 1 unspecified atom stereocenters. The maximum absolute atomic E-state index is 5.97. The van der Waals surface area contributed by atoms with E-state index in [4.69, 9.17) is 28.6 Å². The molecule has 0 radical (unpaired) electrons. The summed E-state index contributed by atoms with van der Waals surface area (Å²) in [5.74, 6) is 0.963. The largest absolute Gasteiger partial charge is 0.488 e. The summed E-state index contributed by atoms with van der Waals surface area (Å²) >= 11 is 11.3. The lowest BCUT2D eigenvalue weighted by Gasteiger charge is -2.11. The Balaban J connectivity index is 1.67. The molecule has 0 amide bonds. The standard InChI is InChI=1S/C15H12ClN3OS/c16-10-6-12-14(17-7-10)19(15(21)18-12)8-11-5-9-3-1-2-4-13(9)20-11/h1-4,6-7,11H,5,8H2,(H,18,21). The number of para-hydroxylation sites is 1. The number of aromatic amines is 1. The highest BCUT2D eigenvalue weighted by Gasteiger charge is 2.23. The lowest BCUT2D eigenvalue weighted by molar-refractivity contribution is 0.210. The van der Waals surface area contributed by atoms with E-state index in [-0.39, 0.29) is 6.10 Å². The van der Waals surface area contributed by atoms with Gasteiger partial charge < -0.3 is 9.72 Å². The Labute approximate surface area is 131 Å². The van der Waals surface area contributed by atoms with Gasteiger partial charge >= 0.3 is 0 Å². The molecule has 21 heavy (non-hydrogen) atoms. The highest BCUT2D eigenvalue weighted by Crippen LogP contribution is 2.29. The van der Waals surface area contributed by atoms with Crippen LogP contribution in [0.5, 0.6) is 5.75 Å². The van der Waals surface area contributed by atoms with Crippen molar-refractivity contribution in [1.29, 1.82) is 0 Å². The van der Waals surface area contributed by atoms with E-state index in [9.17, 15) is 0 Å². The van der Waals surface area contributed by atoms with Crippen LogP contribution in [0.2, 0.25) is 5.02 Å². The smallest absolute Gasteiger partial charge is 0.179 e. The van der Waals surface area contributed by atoms with Crippen LogP contribution in [0.3, 0.4) is 0 Å². The molecule has 4 rings (SSSR count). The number of hydrogen-bond acceptors (Lipinski definition) is 3. The van der Waals surface area contributed by atoms with Gasteiger partial charge in [-0.3, -0.25) is 4.57 Å². The molecule has 0 fully saturated rings. The molecule has 0 aliphatic carbocycles. The van der Waals surface area contributed by atoms with E-state index in [1.165, 1.54) is 5.56 Å². The average Bonchev–Trinajstić information content (AvgIpc) is 3.00. The second-order valence-corrected chi connectivity index (χ2v) is 5.94. The van der Waals surface area contributed by atoms with Gasteiger partial charge in [0, 0.05) is 12.6 Å². The van der Waals surface area contributed by atoms with Crippen molar-refractivity contribution in [2.75, 3.05) is 0 Å². The highest BCUT2D eigenvalue weighted by atomic mass is 35.5. The van der Waals surface area contributed by atoms with Crippen molar-refractivity contribution in [1.82, 2.24) is 14.5 Å². The first-order valence-corrected chi connectivity index (χ1v) is 7.48. The molecule has 3 heterocycles. The van der Waals surface area contributed by atoms with Gasteiger partial charge in [0.1, 0.15) is 11.9 Å². The van der Waals surface area contributed by atoms with Gasteiger partial charge in [-0.1, -0.05) is 29.8 Å². The third kappa shape index (κ3) is 2.22. The molecule has 1 aromatic carbocycles. The Kier molecular flexibility index (Phi) is 2.97. The van der Waals surface area contributed by atoms with E-state index in [2.05, 4.69) is 16.0 Å². The number of pyridine rings is 1. The molecular weight excluding hydrogens is 306 g/mol. The fourth-order valence-corrected chi connectivity index (χ4v) is 3.18. The van der Waals surface area contributed by atoms with Crippen LogP contribution in [0.4, 0.5) is 0 Å². The molecule has 1 aliphatic heterocycles. The van der Waals surface area contributed by atoms with Crippen LogP contribution >= 0.6 is 23.8 Å². The molecule has 1 atom stereocenters. The third-order valence-electron chi connectivity index (χ3n) is 3.68. The summed E-state index contributed by atoms with van der Waals surface area (Å²) in [7, 11) is 0. The normalized spacial score (nSPS) is 16.9. The van der Waals surface area contributed by atoms with Gasteiger partial charge in [0.05, 0.1) is 17.1 Å². The number of benzene rings is 1. The number of ether oxygens (including phenoxy) is 1. The van der Waals surface area contributed by atoms with Gasteiger partial charge in [0.15, 0.2) is 10.4 Å². The van der Waals surface area contributed by atoms with Crippen molar-refractivity contribution in [3.05, 3.63) is 51.9 Å². The molecular formula is C15H12ClN3OS. The predicted molar refractivity (Wildman–Crippen MR) is 84.5 cm³/mol. The highest BCUT2D eigenvalue weighted by molar-refractivity contribution is 7.71. The fraction of sp³-hybridized carbons (Fsp3) is 0.200. The van der Waals surface area contributed by atoms with Crippen molar-refractivity contribution in [2.45, 2.75) is 19.1 Å². The van der Waals surface area contributed by atoms with Crippen LogP contribution in [0.15, 0.2) is 36.5 Å². The Hall–Kier alpha value is -1.85. The summed E-state index contributed by atoms with van der Waals surface area (Å²) in [5, 5.41) is 0.593. The molecule has 0 spiro atoms. The van der Waals surface area contributed by atoms with Crippen molar-refractivity contribution < 1.29 is 4.74 Å². The molecule has 1 aliphatic rings. The van der Waals surface area contributed by atoms with Gasteiger partial charge in [-0.15, -0.1) is 0 Å². The van der Waals surface area contributed by atoms with Gasteiger partial charge in [0.2, 0.25) is 0 Å². The molecule has 0 bridgehead atoms. The second-order valence-electron chi connectivity index (χ2n) is 5.12. The van der Waals surface area contributed by atoms with Gasteiger partial charge in [-0.2, -0.15) is 0 Å². The van der Waals surface area contributed by atoms with Crippen LogP contribution in [0.25, 0.3) is 11.2 Å². The summed E-state index contributed by atoms with van der Waals surface area (Å²) < 4.78 is 8.58. The zero-order chi connectivity index (χ0) is 14.4. The van der Waals surface area contributed by atoms with Crippen molar-refractivity contribution in [2.24, 2.45) is 0 Å². The van der Waals surface area contributed by atoms with Crippen LogP contribution in [0.1, 0.15) is 5.56 Å². The van der Waals surface area contributed by atoms with Crippen molar-refractivity contribution in [3.8, 4) is 5.75 Å². The number of imidazole rings is 1. The zero-order valence-electron chi connectivity index (χ0n) is 11.0. The number of H-pyrrole nitrogens is 1. The molecule has 2 aromatic heterocycles. The van der Waals surface area contributed by atoms with E-state index < -0.39 is 0 Å². The number of rotatable bonds is 2. The van der Waals surface area contributed by atoms with Gasteiger partial charge in [0.25, 0.3) is 0 Å². The summed E-state index contributed by atoms with van der Waals surface area (Å²) in [4.78, 5) is 7.51. The summed E-state index contributed by atoms with van der Waals surface area (Å²) in [5.41, 5.74) is 2.90. The summed E-state index contributed by atoms with van der Waals surface area (Å²) in [6.45, 7) is 0.669. The number of nitrogens with one attached hydrogen (secondary N) is 1. The third-order valence-corrected chi connectivity index (χ3v) is 4.20. The first-order chi connectivity index (χ1) is 10.2. The monoisotopic (exact) mass is 317 g/mol. The van der Waals surface area contributed by atoms with Crippen LogP contribution in [0, 0.1) is 4.77 Å². The molecule has 0 saturated heterocycles. The van der Waals surface area contributed by atoms with Crippen LogP contribution in [-0.4, -0.2) is 20.6 Å². The Bertz CT molecular complexity index is 861. The number of aromatic nitrogens is 3. The van der Waals surface area contributed by atoms with E-state index in [0.717, 1.165) is 23.3 Å². The fourth-order valence-electron chi connectivity index (χ4n) is 2.75. The minimum atomic E-state index is 0.0746. The molecule has 0 saturated carbocycles. The Morgan fingerprint density at radius 1 is 1.43 bits per heavy atom. The topological polar surface area (TPSA) is 42.8 Å². The zero-order valence-corrected chi connectivity index (χ0v) is 12.6. The summed E-state index contributed by atoms with van der Waals surface area (Å²) in [6.07, 6.45) is 2.59. The van der Waals surface area contributed by atoms with E-state index in [1.807, 2.05) is 28.8 Å². The quantitative estimate of drug-likeness (QED) is 0.732. The second kappa shape index (κ2) is 4.86. The van der Waals surface area contributed by atoms with Gasteiger partial charge in [-0.05, 0) is 29.9 Å². The van der Waals surface area contributed by atoms with Crippen LogP contribution in [-0.2, 0) is 13.0 Å². The van der Waals surface area contributed by atoms with E-state index >= 15 is 0 Å². The molecule has 6 heteroatoms. The Morgan fingerprint density at radius 3 is 3.14 bits per heavy atom. The first kappa shape index (κ1) is 12.9. The number of hydrogen-bond donors (Lipinski definition) is 1. The SMILES string of the molecule is S=c1[nH]c2cc(Cl)cnc2n1CC1Cc2ccccc2O1. The predicted octanol–water partition coefficient (Wildman–Crippen LogP) is 3.75. The number of halogens is 1. The minimum absolute atomic E-state index is 0.0746. The average molecular weight is 318 g/mol. The maximum Gasteiger partial charge on any atom is 0.179 e. The molecule has 3 aromatic rings. The lowest BCUT2D eigenvalue weighted by atomic mass is 10.1. The molecule has 1 N–H and O–H groups in total. The Morgan fingerprint density at radius 2 is 2.29 bits per heavy atom. The minimum Gasteiger partial charge on any atom is -0.488 e. The van der Waals surface area contributed by atoms with Crippen molar-refractivity contribution in [3.63, 3.8) is 0 Å². The van der Waals surface area contributed by atoms with E-state index in [0.29, 0.717) is 16.3 Å². The maximum atomic E-state index is 5.97. The molecule has 4 nitrogen and oxygen atoms in total. The van der Waals surface area contributed by atoms with Gasteiger partial charge in [-0.25, -0.2) is 4.98 Å². The first-order valence-electron chi connectivity index (χ1n) is 6.69.